The topological polar surface area (TPSA) is 69.7 Å². The Hall–Kier alpha value is -2.56. The molecule has 1 aromatic rings. The van der Waals surface area contributed by atoms with Crippen molar-refractivity contribution in [1.82, 2.24) is 4.90 Å². The molecule has 0 N–H and O–H groups in total. The summed E-state index contributed by atoms with van der Waals surface area (Å²) in [6.45, 7) is 14.3. The van der Waals surface area contributed by atoms with Crippen LogP contribution in [0, 0.1) is 0 Å². The highest BCUT2D eigenvalue weighted by Crippen LogP contribution is 2.30. The first-order valence-electron chi connectivity index (χ1n) is 7.67. The van der Waals surface area contributed by atoms with Crippen molar-refractivity contribution in [2.45, 2.75) is 39.3 Å². The normalized spacial score (nSPS) is 12.2. The van der Waals surface area contributed by atoms with Crippen molar-refractivity contribution in [2.75, 3.05) is 6.61 Å². The molecule has 0 aliphatic rings. The van der Waals surface area contributed by atoms with Crippen LogP contribution in [0.15, 0.2) is 43.5 Å². The van der Waals surface area contributed by atoms with Crippen LogP contribution < -0.4 is 5.11 Å². The Morgan fingerprint density at radius 2 is 1.88 bits per heavy atom. The van der Waals surface area contributed by atoms with Crippen molar-refractivity contribution in [3.8, 4) is 0 Å². The van der Waals surface area contributed by atoms with Gasteiger partial charge < -0.3 is 19.5 Å². The van der Waals surface area contributed by atoms with Crippen LogP contribution in [0.2, 0.25) is 0 Å². The number of allylic oxidation sites excluding steroid dienone is 1. The van der Waals surface area contributed by atoms with E-state index in [-0.39, 0.29) is 6.61 Å². The maximum atomic E-state index is 11.7. The molecule has 0 aromatic heterocycles. The predicted octanol–water partition coefficient (Wildman–Crippen LogP) is 2.72. The second-order valence-electron chi connectivity index (χ2n) is 6.24. The average molecular weight is 330 g/mol. The molecule has 0 heterocycles. The van der Waals surface area contributed by atoms with Crippen LogP contribution in [0.3, 0.4) is 0 Å². The van der Waals surface area contributed by atoms with Gasteiger partial charge in [0.15, 0.2) is 0 Å². The number of hydrogen-bond donors (Lipinski definition) is 0. The number of carboxylic acid groups (broad SMARTS) is 1. The number of nitrogens with zero attached hydrogens (tertiary/aromatic N) is 1. The molecule has 1 atom stereocenters. The largest absolute Gasteiger partial charge is 0.530 e. The van der Waals surface area contributed by atoms with E-state index in [0.29, 0.717) is 0 Å². The van der Waals surface area contributed by atoms with Crippen LogP contribution >= 0.6 is 0 Å². The van der Waals surface area contributed by atoms with E-state index < -0.39 is 23.6 Å². The number of ether oxygens (including phenoxy) is 1. The van der Waals surface area contributed by atoms with Gasteiger partial charge in [-0.2, -0.15) is 0 Å². The minimum atomic E-state index is -1.33. The molecule has 0 aliphatic carbocycles. The lowest BCUT2D eigenvalue weighted by atomic mass is 9.90. The summed E-state index contributed by atoms with van der Waals surface area (Å²) in [4.78, 5) is 24.1. The molecule has 1 aromatic carbocycles. The third kappa shape index (κ3) is 4.47. The van der Waals surface area contributed by atoms with Gasteiger partial charge in [-0.15, -0.1) is 0 Å². The number of esters is 1. The Bertz CT molecular complexity index is 631. The SMILES string of the molecule is C=CC(=O)OCC(C)N(C(=O)[O-])C(C)(C)c1ccc(C(=C)C)cc1. The number of hydrogen-bond acceptors (Lipinski definition) is 4. The molecule has 0 fully saturated rings. The lowest BCUT2D eigenvalue weighted by Crippen LogP contribution is -2.56. The number of amides is 1. The van der Waals surface area contributed by atoms with Gasteiger partial charge in [0.1, 0.15) is 12.7 Å². The van der Waals surface area contributed by atoms with Crippen LogP contribution in [0.5, 0.6) is 0 Å². The summed E-state index contributed by atoms with van der Waals surface area (Å²) in [7, 11) is 0. The van der Waals surface area contributed by atoms with E-state index in [9.17, 15) is 14.7 Å². The Balaban J connectivity index is 3.07. The number of benzene rings is 1. The van der Waals surface area contributed by atoms with Crippen molar-refractivity contribution in [1.29, 1.82) is 0 Å². The summed E-state index contributed by atoms with van der Waals surface area (Å²) < 4.78 is 4.96. The molecule has 0 aliphatic heterocycles. The molecule has 0 bridgehead atoms. The van der Waals surface area contributed by atoms with Crippen LogP contribution in [0.25, 0.3) is 5.57 Å². The standard InChI is InChI=1S/C19H25NO4/c1-7-17(21)24-12-14(4)20(18(22)23)19(5,6)16-10-8-15(9-11-16)13(2)3/h7-11,14H,1-2,12H2,3-6H3,(H,22,23)/p-1. The van der Waals surface area contributed by atoms with Gasteiger partial charge >= 0.3 is 5.97 Å². The third-order valence-corrected chi connectivity index (χ3v) is 3.96. The summed E-state index contributed by atoms with van der Waals surface area (Å²) in [5.74, 6) is -0.594. The minimum absolute atomic E-state index is 0.0773. The van der Waals surface area contributed by atoms with Gasteiger partial charge in [-0.05, 0) is 38.8 Å². The molecule has 1 rings (SSSR count). The molecular weight excluding hydrogens is 306 g/mol. The number of carbonyl (C=O) groups excluding carboxylic acids is 2. The zero-order valence-corrected chi connectivity index (χ0v) is 14.7. The molecule has 1 amide bonds. The van der Waals surface area contributed by atoms with Crippen LogP contribution in [-0.4, -0.2) is 29.6 Å². The quantitative estimate of drug-likeness (QED) is 0.569. The molecule has 0 saturated carbocycles. The number of carbonyl (C=O) groups is 2. The van der Waals surface area contributed by atoms with Gasteiger partial charge in [0.05, 0.1) is 11.6 Å². The fourth-order valence-corrected chi connectivity index (χ4v) is 2.60. The molecule has 0 radical (unpaired) electrons. The monoisotopic (exact) mass is 330 g/mol. The molecule has 24 heavy (non-hydrogen) atoms. The zero-order chi connectivity index (χ0) is 18.5. The van der Waals surface area contributed by atoms with Gasteiger partial charge in [-0.25, -0.2) is 4.79 Å². The van der Waals surface area contributed by atoms with Gasteiger partial charge in [0.25, 0.3) is 0 Å². The number of rotatable bonds is 7. The van der Waals surface area contributed by atoms with Crippen LogP contribution in [0.4, 0.5) is 4.79 Å². The molecular formula is C19H24NO4-. The first kappa shape index (κ1) is 19.5. The highest BCUT2D eigenvalue weighted by molar-refractivity contribution is 5.81. The Morgan fingerprint density at radius 1 is 1.33 bits per heavy atom. The first-order valence-corrected chi connectivity index (χ1v) is 7.67. The van der Waals surface area contributed by atoms with E-state index >= 15 is 0 Å². The Kier molecular flexibility index (Phi) is 6.35. The highest BCUT2D eigenvalue weighted by Gasteiger charge is 2.33. The van der Waals surface area contributed by atoms with Crippen LogP contribution in [0.1, 0.15) is 38.8 Å². The van der Waals surface area contributed by atoms with Crippen molar-refractivity contribution < 1.29 is 19.4 Å². The van der Waals surface area contributed by atoms with E-state index in [4.69, 9.17) is 4.74 Å². The summed E-state index contributed by atoms with van der Waals surface area (Å²) in [5.41, 5.74) is 1.87. The van der Waals surface area contributed by atoms with Gasteiger partial charge in [-0.3, -0.25) is 0 Å². The molecule has 0 spiro atoms. The maximum Gasteiger partial charge on any atom is 0.330 e. The van der Waals surface area contributed by atoms with E-state index in [1.54, 1.807) is 20.8 Å². The van der Waals surface area contributed by atoms with Gasteiger partial charge in [0.2, 0.25) is 0 Å². The first-order chi connectivity index (χ1) is 11.1. The smallest absolute Gasteiger partial charge is 0.330 e. The van der Waals surface area contributed by atoms with E-state index in [1.807, 2.05) is 31.2 Å². The lowest BCUT2D eigenvalue weighted by Gasteiger charge is -2.44. The highest BCUT2D eigenvalue weighted by atomic mass is 16.5. The predicted molar refractivity (Wildman–Crippen MR) is 92.0 cm³/mol. The second-order valence-corrected chi connectivity index (χ2v) is 6.24. The van der Waals surface area contributed by atoms with Crippen molar-refractivity contribution in [2.24, 2.45) is 0 Å². The maximum absolute atomic E-state index is 11.7. The van der Waals surface area contributed by atoms with E-state index in [1.165, 1.54) is 4.90 Å². The van der Waals surface area contributed by atoms with E-state index in [0.717, 1.165) is 22.8 Å². The molecule has 130 valence electrons. The van der Waals surface area contributed by atoms with Crippen LogP contribution in [-0.2, 0) is 15.1 Å². The second kappa shape index (κ2) is 7.81. The van der Waals surface area contributed by atoms with Crippen molar-refractivity contribution >= 4 is 17.6 Å². The fourth-order valence-electron chi connectivity index (χ4n) is 2.60. The summed E-state index contributed by atoms with van der Waals surface area (Å²) in [5, 5.41) is 11.7. The molecule has 1 unspecified atom stereocenters. The van der Waals surface area contributed by atoms with Crippen molar-refractivity contribution in [3.05, 3.63) is 54.6 Å². The molecule has 0 saturated heterocycles. The van der Waals surface area contributed by atoms with Gasteiger partial charge in [-0.1, -0.05) is 43.0 Å². The lowest BCUT2D eigenvalue weighted by molar-refractivity contribution is -0.275. The fraction of sp³-hybridized carbons (Fsp3) is 0.368. The Labute approximate surface area is 143 Å². The van der Waals surface area contributed by atoms with Gasteiger partial charge in [0, 0.05) is 6.08 Å². The van der Waals surface area contributed by atoms with E-state index in [2.05, 4.69) is 13.2 Å². The third-order valence-electron chi connectivity index (χ3n) is 3.96. The Morgan fingerprint density at radius 3 is 2.29 bits per heavy atom. The average Bonchev–Trinajstić information content (AvgIpc) is 2.52. The minimum Gasteiger partial charge on any atom is -0.530 e. The zero-order valence-electron chi connectivity index (χ0n) is 14.7. The summed E-state index contributed by atoms with van der Waals surface area (Å²) in [6, 6.07) is 6.95. The van der Waals surface area contributed by atoms with Crippen molar-refractivity contribution in [3.63, 3.8) is 0 Å². The molecule has 5 heteroatoms. The molecule has 5 nitrogen and oxygen atoms in total. The summed E-state index contributed by atoms with van der Waals surface area (Å²) >= 11 is 0. The summed E-state index contributed by atoms with van der Waals surface area (Å²) in [6.07, 6.45) is -0.288.